The molecule has 1 aliphatic heterocycles. The lowest BCUT2D eigenvalue weighted by atomic mass is 10.2. The maximum absolute atomic E-state index is 13.7. The van der Waals surface area contributed by atoms with E-state index in [2.05, 4.69) is 5.32 Å². The maximum Gasteiger partial charge on any atom is 0.264 e. The molecular weight excluding hydrogens is 515 g/mol. The summed E-state index contributed by atoms with van der Waals surface area (Å²) in [5, 5.41) is 2.74. The number of fused-ring (bicyclic) bond motifs is 1. The molecule has 1 N–H and O–H groups in total. The molecule has 0 atom stereocenters. The first kappa shape index (κ1) is 27.1. The number of hydrogen-bond acceptors (Lipinski definition) is 7. The molecule has 0 aliphatic carbocycles. The first-order chi connectivity index (χ1) is 18.3. The molecule has 3 aromatic carbocycles. The number of nitrogens with one attached hydrogen (secondary N) is 1. The van der Waals surface area contributed by atoms with E-state index in [1.807, 2.05) is 13.8 Å². The predicted octanol–water partition coefficient (Wildman–Crippen LogP) is 3.91. The number of hydrogen-bond donors (Lipinski definition) is 1. The summed E-state index contributed by atoms with van der Waals surface area (Å²) in [5.74, 6) is 0.787. The van der Waals surface area contributed by atoms with Crippen LogP contribution in [0.5, 0.6) is 23.0 Å². The van der Waals surface area contributed by atoms with E-state index in [4.69, 9.17) is 18.9 Å². The highest BCUT2D eigenvalue weighted by molar-refractivity contribution is 7.92. The SMILES string of the molecule is CCOc1ccc(CNC(=O)CN(c2ccc(F)cc2)S(=O)(=O)c2ccc3c(c2)OCCO3)cc1OCC. The minimum absolute atomic E-state index is 0.0910. The lowest BCUT2D eigenvalue weighted by molar-refractivity contribution is -0.119. The molecule has 4 rings (SSSR count). The Morgan fingerprint density at radius 2 is 1.61 bits per heavy atom. The molecule has 0 aromatic heterocycles. The van der Waals surface area contributed by atoms with Crippen LogP contribution in [0.3, 0.4) is 0 Å². The Bertz CT molecular complexity index is 1380. The van der Waals surface area contributed by atoms with Crippen molar-refractivity contribution in [2.45, 2.75) is 25.3 Å². The molecule has 0 fully saturated rings. The van der Waals surface area contributed by atoms with E-state index in [9.17, 15) is 17.6 Å². The van der Waals surface area contributed by atoms with Crippen molar-refractivity contribution >= 4 is 21.6 Å². The van der Waals surface area contributed by atoms with Crippen LogP contribution >= 0.6 is 0 Å². The number of rotatable bonds is 11. The van der Waals surface area contributed by atoms with Gasteiger partial charge in [-0.05, 0) is 67.9 Å². The zero-order valence-corrected chi connectivity index (χ0v) is 21.9. The van der Waals surface area contributed by atoms with Crippen molar-refractivity contribution in [3.05, 3.63) is 72.0 Å². The largest absolute Gasteiger partial charge is 0.490 e. The fraction of sp³-hybridized carbons (Fsp3) is 0.296. The Labute approximate surface area is 221 Å². The summed E-state index contributed by atoms with van der Waals surface area (Å²) < 4.78 is 64.0. The van der Waals surface area contributed by atoms with Gasteiger partial charge in [0.05, 0.1) is 23.8 Å². The Hall–Kier alpha value is -3.99. The molecule has 0 bridgehead atoms. The molecular formula is C27H29FN2O7S. The van der Waals surface area contributed by atoms with Crippen molar-refractivity contribution in [2.24, 2.45) is 0 Å². The number of nitrogens with zero attached hydrogens (tertiary/aromatic N) is 1. The molecule has 0 unspecified atom stereocenters. The summed E-state index contributed by atoms with van der Waals surface area (Å²) in [7, 11) is -4.23. The maximum atomic E-state index is 13.7. The van der Waals surface area contributed by atoms with Crippen molar-refractivity contribution in [1.82, 2.24) is 5.32 Å². The zero-order valence-electron chi connectivity index (χ0n) is 21.1. The van der Waals surface area contributed by atoms with E-state index in [-0.39, 0.29) is 23.7 Å². The van der Waals surface area contributed by atoms with Crippen LogP contribution in [-0.4, -0.2) is 47.3 Å². The lowest BCUT2D eigenvalue weighted by Gasteiger charge is -2.25. The minimum atomic E-state index is -4.23. The fourth-order valence-corrected chi connectivity index (χ4v) is 5.26. The third-order valence-corrected chi connectivity index (χ3v) is 7.37. The van der Waals surface area contributed by atoms with Gasteiger partial charge in [0.25, 0.3) is 10.0 Å². The summed E-state index contributed by atoms with van der Waals surface area (Å²) in [6, 6.07) is 14.4. The van der Waals surface area contributed by atoms with Crippen LogP contribution in [-0.2, 0) is 21.4 Å². The Kier molecular flexibility index (Phi) is 8.57. The molecule has 9 nitrogen and oxygen atoms in total. The minimum Gasteiger partial charge on any atom is -0.490 e. The first-order valence-electron chi connectivity index (χ1n) is 12.1. The average Bonchev–Trinajstić information content (AvgIpc) is 2.92. The van der Waals surface area contributed by atoms with Crippen LogP contribution in [0.25, 0.3) is 0 Å². The molecule has 1 aliphatic rings. The number of benzene rings is 3. The monoisotopic (exact) mass is 544 g/mol. The van der Waals surface area contributed by atoms with Crippen LogP contribution < -0.4 is 28.6 Å². The molecule has 0 radical (unpaired) electrons. The van der Waals surface area contributed by atoms with E-state index in [0.717, 1.165) is 22.0 Å². The number of ether oxygens (including phenoxy) is 4. The third kappa shape index (κ3) is 6.28. The second-order valence-electron chi connectivity index (χ2n) is 8.22. The van der Waals surface area contributed by atoms with Crippen LogP contribution in [0.1, 0.15) is 19.4 Å². The molecule has 0 saturated heterocycles. The Morgan fingerprint density at radius 1 is 0.921 bits per heavy atom. The van der Waals surface area contributed by atoms with Gasteiger partial charge in [-0.25, -0.2) is 12.8 Å². The smallest absolute Gasteiger partial charge is 0.264 e. The van der Waals surface area contributed by atoms with E-state index < -0.39 is 28.3 Å². The highest BCUT2D eigenvalue weighted by Crippen LogP contribution is 2.34. The Balaban J connectivity index is 1.55. The molecule has 0 saturated carbocycles. The van der Waals surface area contributed by atoms with Gasteiger partial charge in [0.1, 0.15) is 25.6 Å². The van der Waals surface area contributed by atoms with Crippen molar-refractivity contribution in [3.8, 4) is 23.0 Å². The molecule has 11 heteroatoms. The molecule has 202 valence electrons. The van der Waals surface area contributed by atoms with E-state index in [1.54, 1.807) is 18.2 Å². The summed E-state index contributed by atoms with van der Waals surface area (Å²) >= 11 is 0. The highest BCUT2D eigenvalue weighted by Gasteiger charge is 2.29. The van der Waals surface area contributed by atoms with Crippen molar-refractivity contribution < 1.29 is 36.6 Å². The fourth-order valence-electron chi connectivity index (χ4n) is 3.83. The van der Waals surface area contributed by atoms with Gasteiger partial charge in [0.2, 0.25) is 5.91 Å². The van der Waals surface area contributed by atoms with Crippen molar-refractivity contribution in [1.29, 1.82) is 0 Å². The van der Waals surface area contributed by atoms with Gasteiger partial charge >= 0.3 is 0 Å². The van der Waals surface area contributed by atoms with Crippen LogP contribution in [0.4, 0.5) is 10.1 Å². The standard InChI is InChI=1S/C27H29FN2O7S/c1-3-34-23-11-5-19(15-25(23)35-4-2)17-29-27(31)18-30(21-8-6-20(28)7-9-21)38(32,33)22-10-12-24-26(16-22)37-14-13-36-24/h5-12,15-16H,3-4,13-14,17-18H2,1-2H3,(H,29,31). The van der Waals surface area contributed by atoms with E-state index in [1.165, 1.54) is 30.3 Å². The highest BCUT2D eigenvalue weighted by atomic mass is 32.2. The first-order valence-corrected chi connectivity index (χ1v) is 13.6. The number of amides is 1. The van der Waals surface area contributed by atoms with Crippen molar-refractivity contribution in [2.75, 3.05) is 37.3 Å². The summed E-state index contributed by atoms with van der Waals surface area (Å²) in [6.07, 6.45) is 0. The summed E-state index contributed by atoms with van der Waals surface area (Å²) in [5.41, 5.74) is 0.879. The van der Waals surface area contributed by atoms with Gasteiger partial charge in [-0.15, -0.1) is 0 Å². The third-order valence-electron chi connectivity index (χ3n) is 5.60. The van der Waals surface area contributed by atoms with Gasteiger partial charge in [-0.2, -0.15) is 0 Å². The van der Waals surface area contributed by atoms with E-state index in [0.29, 0.717) is 42.8 Å². The van der Waals surface area contributed by atoms with Gasteiger partial charge in [-0.3, -0.25) is 9.10 Å². The normalized spacial score (nSPS) is 12.5. The number of halogens is 1. The quantitative estimate of drug-likeness (QED) is 0.391. The van der Waals surface area contributed by atoms with Crippen LogP contribution in [0, 0.1) is 5.82 Å². The topological polar surface area (TPSA) is 103 Å². The second-order valence-corrected chi connectivity index (χ2v) is 10.1. The number of carbonyl (C=O) groups excluding carboxylic acids is 1. The summed E-state index contributed by atoms with van der Waals surface area (Å²) in [6.45, 7) is 4.91. The van der Waals surface area contributed by atoms with Crippen LogP contribution in [0.2, 0.25) is 0 Å². The zero-order chi connectivity index (χ0) is 27.1. The Morgan fingerprint density at radius 3 is 2.32 bits per heavy atom. The number of sulfonamides is 1. The molecule has 3 aromatic rings. The lowest BCUT2D eigenvalue weighted by Crippen LogP contribution is -2.40. The second kappa shape index (κ2) is 12.0. The van der Waals surface area contributed by atoms with Crippen molar-refractivity contribution in [3.63, 3.8) is 0 Å². The number of carbonyl (C=O) groups is 1. The molecule has 38 heavy (non-hydrogen) atoms. The predicted molar refractivity (Wildman–Crippen MR) is 139 cm³/mol. The molecule has 1 heterocycles. The van der Waals surface area contributed by atoms with E-state index >= 15 is 0 Å². The van der Waals surface area contributed by atoms with Gasteiger partial charge in [-0.1, -0.05) is 6.07 Å². The van der Waals surface area contributed by atoms with Gasteiger partial charge in [0, 0.05) is 12.6 Å². The molecule has 1 amide bonds. The number of anilines is 1. The van der Waals surface area contributed by atoms with Gasteiger partial charge < -0.3 is 24.3 Å². The van der Waals surface area contributed by atoms with Crippen LogP contribution in [0.15, 0.2) is 65.6 Å². The van der Waals surface area contributed by atoms with Gasteiger partial charge in [0.15, 0.2) is 23.0 Å². The molecule has 0 spiro atoms. The average molecular weight is 545 g/mol. The summed E-state index contributed by atoms with van der Waals surface area (Å²) in [4.78, 5) is 12.9.